The van der Waals surface area contributed by atoms with E-state index in [4.69, 9.17) is 9.05 Å². The van der Waals surface area contributed by atoms with Crippen molar-refractivity contribution in [3.8, 4) is 6.07 Å². The molecule has 3 aliphatic heterocycles. The van der Waals surface area contributed by atoms with Gasteiger partial charge in [0, 0.05) is 41.3 Å². The lowest BCUT2D eigenvalue weighted by molar-refractivity contribution is -0.146. The number of hydrogen-bond acceptors (Lipinski definition) is 14. The van der Waals surface area contributed by atoms with Gasteiger partial charge in [-0.1, -0.05) is 72.8 Å². The molecule has 6 rings (SSSR count). The van der Waals surface area contributed by atoms with E-state index >= 15 is 0 Å². The van der Waals surface area contributed by atoms with Gasteiger partial charge in [-0.2, -0.15) is 5.26 Å². The highest BCUT2D eigenvalue weighted by molar-refractivity contribution is 8.14. The minimum absolute atomic E-state index is 0.0779. The Morgan fingerprint density at radius 3 is 2.16 bits per heavy atom. The molecule has 3 N–H and O–H groups in total. The lowest BCUT2D eigenvalue weighted by Crippen LogP contribution is -2.56. The number of hydrogen-bond donors (Lipinski definition) is 3. The molecule has 3 amide bonds. The minimum Gasteiger partial charge on any atom is -0.395 e. The topological polar surface area (TPSA) is 204 Å². The maximum Gasteiger partial charge on any atom is 0.335 e. The van der Waals surface area contributed by atoms with Gasteiger partial charge in [-0.05, 0) is 88.1 Å². The summed E-state index contributed by atoms with van der Waals surface area (Å²) in [6.45, 7) is 6.45. The van der Waals surface area contributed by atoms with Crippen LogP contribution in [0.3, 0.4) is 0 Å². The Labute approximate surface area is 387 Å². The zero-order valence-electron chi connectivity index (χ0n) is 36.9. The average Bonchev–Trinajstić information content (AvgIpc) is 4.04. The SMILES string of the molecule is CC(C)(CO)C(=O)SCCOP(=O)(Cc1ccc2sc(C(=O)N[C@H]3CCCC[C@H]4CC[C@@H](C(=O)N5C[C@H](c6ccccc6)[C@@H](C#N)C5)N4C3=O)cc2c1)OCCSC(=O)C(C)(C)CO. The Kier molecular flexibility index (Phi) is 17.0. The lowest BCUT2D eigenvalue weighted by atomic mass is 9.90. The molecule has 3 aromatic rings. The van der Waals surface area contributed by atoms with Gasteiger partial charge in [0.2, 0.25) is 11.8 Å². The molecule has 3 saturated heterocycles. The van der Waals surface area contributed by atoms with Gasteiger partial charge in [0.1, 0.15) is 12.1 Å². The van der Waals surface area contributed by atoms with Crippen molar-refractivity contribution in [1.29, 1.82) is 5.26 Å². The van der Waals surface area contributed by atoms with Crippen molar-refractivity contribution in [1.82, 2.24) is 15.1 Å². The molecule has 0 spiro atoms. The smallest absolute Gasteiger partial charge is 0.335 e. The molecule has 5 atom stereocenters. The van der Waals surface area contributed by atoms with Crippen LogP contribution in [0.5, 0.6) is 0 Å². The Hall–Kier alpha value is -3.59. The molecule has 18 heteroatoms. The Bertz CT molecular complexity index is 2230. The van der Waals surface area contributed by atoms with Crippen molar-refractivity contribution >= 4 is 80.5 Å². The predicted octanol–water partition coefficient (Wildman–Crippen LogP) is 6.98. The number of amides is 3. The molecule has 0 bridgehead atoms. The Balaban J connectivity index is 1.12. The van der Waals surface area contributed by atoms with E-state index in [1.54, 1.807) is 55.7 Å². The molecular formula is C46H59N4O10PS3. The molecule has 14 nitrogen and oxygen atoms in total. The molecule has 2 aromatic carbocycles. The first-order valence-corrected chi connectivity index (χ1v) is 26.3. The Morgan fingerprint density at radius 2 is 1.53 bits per heavy atom. The maximum atomic E-state index is 14.4. The van der Waals surface area contributed by atoms with Gasteiger partial charge in [-0.3, -0.25) is 28.5 Å². The van der Waals surface area contributed by atoms with Crippen molar-refractivity contribution in [3.05, 3.63) is 70.6 Å². The summed E-state index contributed by atoms with van der Waals surface area (Å²) in [7, 11) is -3.84. The third-order valence-electron chi connectivity index (χ3n) is 12.2. The van der Waals surface area contributed by atoms with Crippen LogP contribution in [0.4, 0.5) is 0 Å². The first-order valence-electron chi connectivity index (χ1n) is 21.8. The first kappa shape index (κ1) is 49.8. The number of nitriles is 1. The molecule has 64 heavy (non-hydrogen) atoms. The van der Waals surface area contributed by atoms with Crippen molar-refractivity contribution in [2.24, 2.45) is 16.7 Å². The highest BCUT2D eigenvalue weighted by atomic mass is 32.2. The number of nitrogens with zero attached hydrogens (tertiary/aromatic N) is 3. The number of thioether (sulfide) groups is 2. The summed E-state index contributed by atoms with van der Waals surface area (Å²) in [4.78, 5) is 71.4. The van der Waals surface area contributed by atoms with Crippen LogP contribution >= 0.6 is 42.5 Å². The van der Waals surface area contributed by atoms with Crippen LogP contribution in [-0.2, 0) is 39.0 Å². The predicted molar refractivity (Wildman–Crippen MR) is 250 cm³/mol. The largest absolute Gasteiger partial charge is 0.395 e. The number of aliphatic hydroxyl groups excluding tert-OH is 2. The van der Waals surface area contributed by atoms with Crippen LogP contribution in [0.1, 0.15) is 92.9 Å². The minimum atomic E-state index is -3.84. The molecule has 3 aliphatic rings. The summed E-state index contributed by atoms with van der Waals surface area (Å²) in [6.07, 6.45) is 3.94. The van der Waals surface area contributed by atoms with E-state index < -0.39 is 36.4 Å². The summed E-state index contributed by atoms with van der Waals surface area (Å²) in [5.41, 5.74) is -0.269. The standard InChI is InChI=1S/C46H59N4O10PS3/c1-45(2,28-51)43(56)62-20-18-59-61(58,60-19-21-63-44(57)46(3,4)29-52)27-30-14-17-38-32(22-30)23-39(64-38)40(53)48-36-13-9-8-12-34-15-16-37(50(34)41(36)54)42(55)49-25-33(24-47)35(26-49)31-10-6-5-7-11-31/h5-7,10-11,14,17,22-23,33-37,51-52H,8-9,12-13,15-16,18-21,25-29H2,1-4H3,(H,48,53)/t33-,34-,35+,36-,37-/m0/s1. The molecular weight excluding hydrogens is 896 g/mol. The van der Waals surface area contributed by atoms with Gasteiger partial charge in [0.25, 0.3) is 5.91 Å². The summed E-state index contributed by atoms with van der Waals surface area (Å²) in [6, 6.07) is 17.7. The normalized spacial score (nSPS) is 21.9. The molecule has 4 heterocycles. The fraction of sp³-hybridized carbons (Fsp3) is 0.565. The number of carbonyl (C=O) groups excluding carboxylic acids is 5. The molecule has 0 unspecified atom stereocenters. The van der Waals surface area contributed by atoms with Crippen molar-refractivity contribution in [2.45, 2.75) is 96.4 Å². The van der Waals surface area contributed by atoms with E-state index in [-0.39, 0.29) is 84.0 Å². The van der Waals surface area contributed by atoms with E-state index in [2.05, 4.69) is 11.4 Å². The zero-order valence-corrected chi connectivity index (χ0v) is 40.2. The van der Waals surface area contributed by atoms with Gasteiger partial charge in [0.15, 0.2) is 10.2 Å². The monoisotopic (exact) mass is 954 g/mol. The number of benzene rings is 2. The number of fused-ring (bicyclic) bond motifs is 2. The van der Waals surface area contributed by atoms with Gasteiger partial charge in [-0.15, -0.1) is 11.3 Å². The van der Waals surface area contributed by atoms with E-state index in [0.717, 1.165) is 53.0 Å². The van der Waals surface area contributed by atoms with Crippen LogP contribution < -0.4 is 5.32 Å². The van der Waals surface area contributed by atoms with Crippen molar-refractivity contribution in [3.63, 3.8) is 0 Å². The second kappa shape index (κ2) is 21.8. The van der Waals surface area contributed by atoms with Gasteiger partial charge >= 0.3 is 7.60 Å². The summed E-state index contributed by atoms with van der Waals surface area (Å²) < 4.78 is 26.7. The second-order valence-electron chi connectivity index (χ2n) is 18.1. The van der Waals surface area contributed by atoms with Crippen LogP contribution in [-0.4, -0.2) is 117 Å². The number of carbonyl (C=O) groups is 5. The number of aliphatic hydroxyl groups is 2. The fourth-order valence-electron chi connectivity index (χ4n) is 8.30. The van der Waals surface area contributed by atoms with Crippen LogP contribution in [0.15, 0.2) is 54.6 Å². The van der Waals surface area contributed by atoms with Gasteiger partial charge in [0.05, 0.1) is 60.3 Å². The van der Waals surface area contributed by atoms with Gasteiger partial charge in [-0.25, -0.2) is 0 Å². The number of rotatable bonds is 18. The number of thiophene rings is 1. The van der Waals surface area contributed by atoms with Crippen molar-refractivity contribution in [2.75, 3.05) is 51.0 Å². The highest BCUT2D eigenvalue weighted by Gasteiger charge is 2.47. The van der Waals surface area contributed by atoms with Gasteiger partial charge < -0.3 is 34.4 Å². The molecule has 0 aliphatic carbocycles. The second-order valence-corrected chi connectivity index (χ2v) is 23.3. The summed E-state index contributed by atoms with van der Waals surface area (Å²) in [5, 5.41) is 32.3. The lowest BCUT2D eigenvalue weighted by Gasteiger charge is -2.36. The quantitative estimate of drug-likeness (QED) is 0.0871. The average molecular weight is 955 g/mol. The van der Waals surface area contributed by atoms with Crippen LogP contribution in [0, 0.1) is 28.1 Å². The number of nitrogens with one attached hydrogen (secondary N) is 1. The van der Waals surface area contributed by atoms with E-state index in [1.165, 1.54) is 11.3 Å². The third kappa shape index (κ3) is 12.0. The fourth-order valence-corrected chi connectivity index (χ4v) is 12.7. The molecule has 346 valence electrons. The molecule has 3 fully saturated rings. The van der Waals surface area contributed by atoms with E-state index in [1.807, 2.05) is 36.4 Å². The third-order valence-corrected chi connectivity index (χ3v) is 17.6. The highest BCUT2D eigenvalue weighted by Crippen LogP contribution is 2.52. The molecule has 0 saturated carbocycles. The summed E-state index contributed by atoms with van der Waals surface area (Å²) in [5.74, 6) is -0.929. The van der Waals surface area contributed by atoms with E-state index in [9.17, 15) is 44.0 Å². The van der Waals surface area contributed by atoms with Crippen molar-refractivity contribution < 1.29 is 47.8 Å². The van der Waals surface area contributed by atoms with Crippen LogP contribution in [0.25, 0.3) is 10.1 Å². The Morgan fingerprint density at radius 1 is 0.891 bits per heavy atom. The number of likely N-dealkylation sites (tertiary alicyclic amines) is 1. The van der Waals surface area contributed by atoms with Crippen LogP contribution in [0.2, 0.25) is 0 Å². The van der Waals surface area contributed by atoms with E-state index in [0.29, 0.717) is 48.2 Å². The molecule has 1 aromatic heterocycles. The zero-order chi connectivity index (χ0) is 46.2. The first-order chi connectivity index (χ1) is 30.5. The molecule has 0 radical (unpaired) electrons. The maximum absolute atomic E-state index is 14.4. The summed E-state index contributed by atoms with van der Waals surface area (Å²) >= 11 is 3.19.